The Kier molecular flexibility index (Phi) is 4.37. The molecule has 5 heteroatoms. The molecular weight excluding hydrogens is 224 g/mol. The third kappa shape index (κ3) is 2.96. The number of sulfonamides is 1. The van der Waals surface area contributed by atoms with E-state index in [2.05, 4.69) is 11.9 Å². The summed E-state index contributed by atoms with van der Waals surface area (Å²) in [6, 6.07) is 0. The number of hydrogen-bond donors (Lipinski definition) is 0. The molecule has 0 aliphatic carbocycles. The predicted octanol–water partition coefficient (Wildman–Crippen LogP) is 1.000. The van der Waals surface area contributed by atoms with Crippen molar-refractivity contribution in [2.75, 3.05) is 39.5 Å². The van der Waals surface area contributed by atoms with Gasteiger partial charge in [-0.15, -0.1) is 0 Å². The van der Waals surface area contributed by atoms with E-state index in [0.29, 0.717) is 6.54 Å². The molecule has 4 nitrogen and oxygen atoms in total. The lowest BCUT2D eigenvalue weighted by atomic mass is 9.87. The highest BCUT2D eigenvalue weighted by Gasteiger charge is 2.44. The van der Waals surface area contributed by atoms with Gasteiger partial charge in [0.15, 0.2) is 0 Å². The lowest BCUT2D eigenvalue weighted by Crippen LogP contribution is -2.32. The first-order valence-electron chi connectivity index (χ1n) is 6.05. The molecule has 0 aromatic rings. The van der Waals surface area contributed by atoms with Gasteiger partial charge in [0.2, 0.25) is 10.0 Å². The molecule has 0 radical (unpaired) electrons. The molecule has 2 heterocycles. The summed E-state index contributed by atoms with van der Waals surface area (Å²) in [5.41, 5.74) is 0.262. The molecule has 2 saturated heterocycles. The second-order valence-corrected chi connectivity index (χ2v) is 6.82. The minimum absolute atomic E-state index is 0.262. The monoisotopic (exact) mass is 248 g/mol. The van der Waals surface area contributed by atoms with E-state index in [0.717, 1.165) is 32.5 Å². The summed E-state index contributed by atoms with van der Waals surface area (Å²) in [7, 11) is -0.860. The molecule has 2 fully saturated rings. The molecule has 1 atom stereocenters. The van der Waals surface area contributed by atoms with E-state index in [1.807, 2.05) is 13.8 Å². The topological polar surface area (TPSA) is 40.6 Å². The van der Waals surface area contributed by atoms with Crippen LogP contribution in [0, 0.1) is 5.41 Å². The molecule has 0 bridgehead atoms. The van der Waals surface area contributed by atoms with Gasteiger partial charge in [0.1, 0.15) is 0 Å². The van der Waals surface area contributed by atoms with Gasteiger partial charge in [-0.3, -0.25) is 0 Å². The summed E-state index contributed by atoms with van der Waals surface area (Å²) in [5.74, 6) is 0. The third-order valence-corrected chi connectivity index (χ3v) is 4.75. The Bertz CT molecular complexity index is 329. The van der Waals surface area contributed by atoms with Gasteiger partial charge in [-0.2, -0.15) is 0 Å². The lowest BCUT2D eigenvalue weighted by Gasteiger charge is -2.22. The standard InChI is InChI=1S/C9H18N2O2S.C2H6/c1-10-5-3-9(7-10)4-6-11(8-9)14(2,12)13;1-2/h3-8H2,1-2H3;1-2H3. The summed E-state index contributed by atoms with van der Waals surface area (Å²) in [6.45, 7) is 7.61. The van der Waals surface area contributed by atoms with Crippen molar-refractivity contribution in [3.05, 3.63) is 0 Å². The van der Waals surface area contributed by atoms with Crippen LogP contribution in [-0.4, -0.2) is 57.1 Å². The highest BCUT2D eigenvalue weighted by molar-refractivity contribution is 7.88. The highest BCUT2D eigenvalue weighted by atomic mass is 32.2. The average molecular weight is 248 g/mol. The number of nitrogens with zero attached hydrogens (tertiary/aromatic N) is 2. The van der Waals surface area contributed by atoms with Crippen molar-refractivity contribution < 1.29 is 8.42 Å². The third-order valence-electron chi connectivity index (χ3n) is 3.50. The molecule has 0 saturated carbocycles. The van der Waals surface area contributed by atoms with E-state index in [-0.39, 0.29) is 5.41 Å². The smallest absolute Gasteiger partial charge is 0.211 e. The van der Waals surface area contributed by atoms with Gasteiger partial charge in [0.05, 0.1) is 6.26 Å². The molecule has 2 aliphatic rings. The maximum absolute atomic E-state index is 11.4. The molecule has 1 unspecified atom stereocenters. The molecule has 16 heavy (non-hydrogen) atoms. The van der Waals surface area contributed by atoms with Gasteiger partial charge in [0.25, 0.3) is 0 Å². The summed E-state index contributed by atoms with van der Waals surface area (Å²) in [5, 5.41) is 0. The van der Waals surface area contributed by atoms with Gasteiger partial charge in [-0.1, -0.05) is 13.8 Å². The Labute approximate surface area is 99.7 Å². The fraction of sp³-hybridized carbons (Fsp3) is 1.00. The molecular formula is C11H24N2O2S. The van der Waals surface area contributed by atoms with Crippen molar-refractivity contribution in [2.45, 2.75) is 26.7 Å². The predicted molar refractivity (Wildman–Crippen MR) is 66.9 cm³/mol. The van der Waals surface area contributed by atoms with Crippen LogP contribution in [0.15, 0.2) is 0 Å². The van der Waals surface area contributed by atoms with Crippen LogP contribution >= 0.6 is 0 Å². The number of rotatable bonds is 1. The van der Waals surface area contributed by atoms with Crippen molar-refractivity contribution in [1.82, 2.24) is 9.21 Å². The van der Waals surface area contributed by atoms with Crippen molar-refractivity contribution in [1.29, 1.82) is 0 Å². The average Bonchev–Trinajstić information content (AvgIpc) is 2.77. The first-order valence-corrected chi connectivity index (χ1v) is 7.90. The minimum atomic E-state index is -2.97. The molecule has 1 spiro atoms. The van der Waals surface area contributed by atoms with Crippen LogP contribution in [0.3, 0.4) is 0 Å². The van der Waals surface area contributed by atoms with Gasteiger partial charge in [-0.25, -0.2) is 12.7 Å². The van der Waals surface area contributed by atoms with Gasteiger partial charge in [0, 0.05) is 19.6 Å². The Morgan fingerprint density at radius 2 is 1.62 bits per heavy atom. The molecule has 2 aliphatic heterocycles. The van der Waals surface area contributed by atoms with Crippen LogP contribution in [0.25, 0.3) is 0 Å². The van der Waals surface area contributed by atoms with Crippen LogP contribution in [0.4, 0.5) is 0 Å². The Morgan fingerprint density at radius 3 is 2.00 bits per heavy atom. The van der Waals surface area contributed by atoms with Crippen molar-refractivity contribution in [3.63, 3.8) is 0 Å². The molecule has 0 N–H and O–H groups in total. The molecule has 2 rings (SSSR count). The summed E-state index contributed by atoms with van der Waals surface area (Å²) in [6.07, 6.45) is 3.49. The second kappa shape index (κ2) is 5.02. The van der Waals surface area contributed by atoms with Gasteiger partial charge < -0.3 is 4.90 Å². The number of likely N-dealkylation sites (tertiary alicyclic amines) is 1. The quantitative estimate of drug-likeness (QED) is 0.695. The first kappa shape index (κ1) is 13.9. The largest absolute Gasteiger partial charge is 0.306 e. The van der Waals surface area contributed by atoms with Crippen LogP contribution in [0.1, 0.15) is 26.7 Å². The van der Waals surface area contributed by atoms with Crippen molar-refractivity contribution >= 4 is 10.0 Å². The molecule has 0 amide bonds. The number of hydrogen-bond acceptors (Lipinski definition) is 3. The van der Waals surface area contributed by atoms with E-state index < -0.39 is 10.0 Å². The van der Waals surface area contributed by atoms with Crippen LogP contribution in [0.5, 0.6) is 0 Å². The van der Waals surface area contributed by atoms with E-state index in [1.165, 1.54) is 6.26 Å². The van der Waals surface area contributed by atoms with Gasteiger partial charge in [-0.05, 0) is 31.8 Å². The molecule has 0 aromatic carbocycles. The van der Waals surface area contributed by atoms with E-state index in [1.54, 1.807) is 4.31 Å². The zero-order valence-corrected chi connectivity index (χ0v) is 11.7. The fourth-order valence-corrected chi connectivity index (χ4v) is 3.60. The zero-order chi connectivity index (χ0) is 12.4. The Balaban J connectivity index is 0.000000606. The van der Waals surface area contributed by atoms with E-state index in [4.69, 9.17) is 0 Å². The zero-order valence-electron chi connectivity index (χ0n) is 10.9. The van der Waals surface area contributed by atoms with Crippen molar-refractivity contribution in [2.24, 2.45) is 5.41 Å². The van der Waals surface area contributed by atoms with E-state index in [9.17, 15) is 8.42 Å². The summed E-state index contributed by atoms with van der Waals surface area (Å²) >= 11 is 0. The van der Waals surface area contributed by atoms with Crippen LogP contribution < -0.4 is 0 Å². The lowest BCUT2D eigenvalue weighted by molar-refractivity contribution is 0.294. The van der Waals surface area contributed by atoms with Crippen LogP contribution in [0.2, 0.25) is 0 Å². The summed E-state index contributed by atoms with van der Waals surface area (Å²) in [4.78, 5) is 2.30. The Morgan fingerprint density at radius 1 is 1.06 bits per heavy atom. The maximum Gasteiger partial charge on any atom is 0.211 e. The Hall–Kier alpha value is -0.130. The van der Waals surface area contributed by atoms with Gasteiger partial charge >= 0.3 is 0 Å². The SMILES string of the molecule is CC.CN1CCC2(CCN(S(C)(=O)=O)C2)C1. The first-order chi connectivity index (χ1) is 7.41. The summed E-state index contributed by atoms with van der Waals surface area (Å²) < 4.78 is 24.4. The van der Waals surface area contributed by atoms with Crippen LogP contribution in [-0.2, 0) is 10.0 Å². The normalized spacial score (nSPS) is 31.8. The molecule has 96 valence electrons. The minimum Gasteiger partial charge on any atom is -0.306 e. The highest BCUT2D eigenvalue weighted by Crippen LogP contribution is 2.39. The molecule has 0 aromatic heterocycles. The maximum atomic E-state index is 11.4. The van der Waals surface area contributed by atoms with Crippen molar-refractivity contribution in [3.8, 4) is 0 Å². The fourth-order valence-electron chi connectivity index (χ4n) is 2.67. The van der Waals surface area contributed by atoms with E-state index >= 15 is 0 Å². The second-order valence-electron chi connectivity index (χ2n) is 4.83.